The minimum atomic E-state index is -1.25. The molecular formula is C17H25N3O2. The molecule has 2 aromatic rings. The van der Waals surface area contributed by atoms with Gasteiger partial charge >= 0.3 is 5.97 Å². The highest BCUT2D eigenvalue weighted by Gasteiger charge is 2.37. The molecule has 5 nitrogen and oxygen atoms in total. The van der Waals surface area contributed by atoms with Gasteiger partial charge in [0.2, 0.25) is 0 Å². The fourth-order valence-corrected chi connectivity index (χ4v) is 2.55. The number of unbranched alkanes of at least 4 members (excludes halogenated alkanes) is 1. The number of rotatable bonds is 7. The zero-order valence-corrected chi connectivity index (χ0v) is 13.5. The molecule has 22 heavy (non-hydrogen) atoms. The number of fused-ring (bicyclic) bond motifs is 1. The number of imidazole rings is 1. The van der Waals surface area contributed by atoms with Crippen LogP contribution in [-0.2, 0) is 17.6 Å². The van der Waals surface area contributed by atoms with Crippen molar-refractivity contribution < 1.29 is 9.90 Å². The van der Waals surface area contributed by atoms with E-state index in [2.05, 4.69) is 16.9 Å². The SMILES string of the molecule is CCCCc1nc2ccc(C[C@](N)(C(=O)O)C(C)C)cc2[nH]1. The summed E-state index contributed by atoms with van der Waals surface area (Å²) in [7, 11) is 0. The Balaban J connectivity index is 2.27. The van der Waals surface area contributed by atoms with Gasteiger partial charge in [0.1, 0.15) is 11.4 Å². The smallest absolute Gasteiger partial charge is 0.324 e. The van der Waals surface area contributed by atoms with Gasteiger partial charge in [-0.3, -0.25) is 4.79 Å². The number of carbonyl (C=O) groups is 1. The van der Waals surface area contributed by atoms with E-state index in [9.17, 15) is 9.90 Å². The number of carboxylic acid groups (broad SMARTS) is 1. The second-order valence-corrected chi connectivity index (χ2v) is 6.32. The summed E-state index contributed by atoms with van der Waals surface area (Å²) < 4.78 is 0. The van der Waals surface area contributed by atoms with Crippen LogP contribution >= 0.6 is 0 Å². The van der Waals surface area contributed by atoms with Crippen LogP contribution in [0.15, 0.2) is 18.2 Å². The lowest BCUT2D eigenvalue weighted by molar-refractivity contribution is -0.145. The van der Waals surface area contributed by atoms with Gasteiger partial charge in [-0.15, -0.1) is 0 Å². The van der Waals surface area contributed by atoms with Crippen LogP contribution in [0.5, 0.6) is 0 Å². The van der Waals surface area contributed by atoms with Gasteiger partial charge in [0.15, 0.2) is 0 Å². The number of aromatic nitrogens is 2. The van der Waals surface area contributed by atoms with E-state index in [4.69, 9.17) is 5.73 Å². The van der Waals surface area contributed by atoms with Crippen molar-refractivity contribution in [1.29, 1.82) is 0 Å². The molecule has 1 atom stereocenters. The minimum Gasteiger partial charge on any atom is -0.480 e. The molecule has 2 rings (SSSR count). The molecule has 0 saturated carbocycles. The predicted molar refractivity (Wildman–Crippen MR) is 87.8 cm³/mol. The molecule has 0 spiro atoms. The molecule has 0 unspecified atom stereocenters. The Kier molecular flexibility index (Phi) is 4.86. The minimum absolute atomic E-state index is 0.150. The summed E-state index contributed by atoms with van der Waals surface area (Å²) in [4.78, 5) is 19.4. The van der Waals surface area contributed by atoms with Crippen LogP contribution in [0.3, 0.4) is 0 Å². The summed E-state index contributed by atoms with van der Waals surface area (Å²) in [6, 6.07) is 5.81. The molecule has 0 aliphatic rings. The standard InChI is InChI=1S/C17H25N3O2/c1-4-5-6-15-19-13-8-7-12(9-14(13)20-15)10-17(18,11(2)3)16(21)22/h7-9,11H,4-6,10,18H2,1-3H3,(H,19,20)(H,21,22)/t17-/m1/s1. The summed E-state index contributed by atoms with van der Waals surface area (Å²) in [5, 5.41) is 9.43. The first kappa shape index (κ1) is 16.5. The molecule has 0 saturated heterocycles. The maximum absolute atomic E-state index is 11.5. The van der Waals surface area contributed by atoms with Crippen LogP contribution in [0, 0.1) is 5.92 Å². The fraction of sp³-hybridized carbons (Fsp3) is 0.529. The third-order valence-electron chi connectivity index (χ3n) is 4.29. The Morgan fingerprint density at radius 3 is 2.77 bits per heavy atom. The lowest BCUT2D eigenvalue weighted by Crippen LogP contribution is -2.54. The molecule has 120 valence electrons. The number of nitrogens with two attached hydrogens (primary N) is 1. The number of benzene rings is 1. The van der Waals surface area contributed by atoms with Crippen molar-refractivity contribution in [1.82, 2.24) is 9.97 Å². The number of aliphatic carboxylic acids is 1. The lowest BCUT2D eigenvalue weighted by atomic mass is 9.82. The first-order chi connectivity index (χ1) is 10.4. The quantitative estimate of drug-likeness (QED) is 0.733. The average molecular weight is 303 g/mol. The maximum atomic E-state index is 11.5. The van der Waals surface area contributed by atoms with Gasteiger partial charge in [-0.05, 0) is 30.0 Å². The Morgan fingerprint density at radius 1 is 1.45 bits per heavy atom. The summed E-state index contributed by atoms with van der Waals surface area (Å²) in [5.41, 5.74) is 7.63. The summed E-state index contributed by atoms with van der Waals surface area (Å²) in [6.07, 6.45) is 3.47. The number of hydrogen-bond donors (Lipinski definition) is 3. The van der Waals surface area contributed by atoms with E-state index in [0.717, 1.165) is 41.7 Å². The van der Waals surface area contributed by atoms with Gasteiger partial charge in [-0.1, -0.05) is 33.3 Å². The van der Waals surface area contributed by atoms with E-state index in [0.29, 0.717) is 6.42 Å². The van der Waals surface area contributed by atoms with Crippen molar-refractivity contribution in [3.8, 4) is 0 Å². The Hall–Kier alpha value is -1.88. The van der Waals surface area contributed by atoms with Gasteiger partial charge in [0.05, 0.1) is 11.0 Å². The molecule has 1 heterocycles. The van der Waals surface area contributed by atoms with Crippen LogP contribution in [-0.4, -0.2) is 26.6 Å². The molecule has 1 aromatic carbocycles. The third kappa shape index (κ3) is 3.30. The molecule has 0 radical (unpaired) electrons. The number of nitrogens with one attached hydrogen (secondary N) is 1. The van der Waals surface area contributed by atoms with Crippen molar-refractivity contribution in [3.05, 3.63) is 29.6 Å². The third-order valence-corrected chi connectivity index (χ3v) is 4.29. The number of aromatic amines is 1. The van der Waals surface area contributed by atoms with E-state index in [-0.39, 0.29) is 5.92 Å². The molecule has 0 amide bonds. The van der Waals surface area contributed by atoms with Crippen molar-refractivity contribution in [2.45, 2.75) is 52.0 Å². The first-order valence-corrected chi connectivity index (χ1v) is 7.86. The molecule has 0 fully saturated rings. The monoisotopic (exact) mass is 303 g/mol. The van der Waals surface area contributed by atoms with Gasteiger partial charge in [-0.2, -0.15) is 0 Å². The van der Waals surface area contributed by atoms with Crippen molar-refractivity contribution in [3.63, 3.8) is 0 Å². The summed E-state index contributed by atoms with van der Waals surface area (Å²) in [6.45, 7) is 5.83. The lowest BCUT2D eigenvalue weighted by Gasteiger charge is -2.28. The van der Waals surface area contributed by atoms with Gasteiger partial charge in [0.25, 0.3) is 0 Å². The second-order valence-electron chi connectivity index (χ2n) is 6.32. The second kappa shape index (κ2) is 6.48. The molecule has 0 bridgehead atoms. The van der Waals surface area contributed by atoms with Crippen LogP contribution in [0.1, 0.15) is 45.0 Å². The van der Waals surface area contributed by atoms with E-state index in [1.54, 1.807) is 0 Å². The molecule has 1 aromatic heterocycles. The Morgan fingerprint density at radius 2 is 2.18 bits per heavy atom. The molecule has 0 aliphatic heterocycles. The highest BCUT2D eigenvalue weighted by molar-refractivity contribution is 5.80. The maximum Gasteiger partial charge on any atom is 0.324 e. The number of hydrogen-bond acceptors (Lipinski definition) is 3. The highest BCUT2D eigenvalue weighted by Crippen LogP contribution is 2.23. The van der Waals surface area contributed by atoms with Gasteiger partial charge in [0, 0.05) is 12.8 Å². The van der Waals surface area contributed by atoms with Gasteiger partial charge in [-0.25, -0.2) is 4.98 Å². The number of nitrogens with zero attached hydrogens (tertiary/aromatic N) is 1. The Labute approximate surface area is 130 Å². The zero-order chi connectivity index (χ0) is 16.3. The van der Waals surface area contributed by atoms with Gasteiger partial charge < -0.3 is 15.8 Å². The first-order valence-electron chi connectivity index (χ1n) is 7.86. The molecule has 4 N–H and O–H groups in total. The predicted octanol–water partition coefficient (Wildman–Crippen LogP) is 2.89. The largest absolute Gasteiger partial charge is 0.480 e. The topological polar surface area (TPSA) is 92.0 Å². The average Bonchev–Trinajstić information content (AvgIpc) is 2.86. The van der Waals surface area contributed by atoms with E-state index in [1.165, 1.54) is 0 Å². The van der Waals surface area contributed by atoms with E-state index < -0.39 is 11.5 Å². The normalized spacial score (nSPS) is 14.4. The molecular weight excluding hydrogens is 278 g/mol. The number of carboxylic acids is 1. The number of H-pyrrole nitrogens is 1. The number of aryl methyl sites for hydroxylation is 1. The summed E-state index contributed by atoms with van der Waals surface area (Å²) >= 11 is 0. The van der Waals surface area contributed by atoms with Crippen molar-refractivity contribution in [2.24, 2.45) is 11.7 Å². The van der Waals surface area contributed by atoms with Crippen LogP contribution in [0.2, 0.25) is 0 Å². The summed E-state index contributed by atoms with van der Waals surface area (Å²) in [5.74, 6) is -0.131. The van der Waals surface area contributed by atoms with Crippen LogP contribution in [0.4, 0.5) is 0 Å². The molecule has 0 aliphatic carbocycles. The zero-order valence-electron chi connectivity index (χ0n) is 13.5. The van der Waals surface area contributed by atoms with E-state index >= 15 is 0 Å². The van der Waals surface area contributed by atoms with Crippen LogP contribution < -0.4 is 5.73 Å². The van der Waals surface area contributed by atoms with Crippen molar-refractivity contribution in [2.75, 3.05) is 0 Å². The Bertz CT molecular complexity index is 663. The fourth-order valence-electron chi connectivity index (χ4n) is 2.55. The van der Waals surface area contributed by atoms with Crippen molar-refractivity contribution >= 4 is 17.0 Å². The highest BCUT2D eigenvalue weighted by atomic mass is 16.4. The van der Waals surface area contributed by atoms with E-state index in [1.807, 2.05) is 32.0 Å². The van der Waals surface area contributed by atoms with Crippen LogP contribution in [0.25, 0.3) is 11.0 Å². The molecule has 5 heteroatoms.